The molecular formula is C18H22N2O. The molecule has 1 N–H and O–H groups in total. The second-order valence-electron chi connectivity index (χ2n) is 6.01. The number of amides is 1. The number of benzene rings is 2. The highest BCUT2D eigenvalue weighted by Gasteiger charge is 2.31. The molecule has 2 aromatic carbocycles. The SMILES string of the molecule is CC1NCCC1C(=O)N(C)Cc1ccc2ccccc2c1. The standard InChI is InChI=1S/C18H22N2O/c1-13-17(9-10-19-13)18(21)20(2)12-14-7-8-15-5-3-4-6-16(15)11-14/h3-8,11,13,17,19H,9-10,12H2,1-2H3. The summed E-state index contributed by atoms with van der Waals surface area (Å²) < 4.78 is 0. The number of fused-ring (bicyclic) bond motifs is 1. The van der Waals surface area contributed by atoms with Crippen LogP contribution in [-0.4, -0.2) is 30.4 Å². The molecule has 2 unspecified atom stereocenters. The third-order valence-corrected chi connectivity index (χ3v) is 4.45. The van der Waals surface area contributed by atoms with Crippen molar-refractivity contribution < 1.29 is 4.79 Å². The minimum Gasteiger partial charge on any atom is -0.341 e. The van der Waals surface area contributed by atoms with Crippen molar-refractivity contribution in [1.82, 2.24) is 10.2 Å². The van der Waals surface area contributed by atoms with Crippen molar-refractivity contribution in [2.45, 2.75) is 25.9 Å². The second-order valence-corrected chi connectivity index (χ2v) is 6.01. The Hall–Kier alpha value is -1.87. The van der Waals surface area contributed by atoms with Gasteiger partial charge in [-0.1, -0.05) is 36.4 Å². The Balaban J connectivity index is 1.73. The van der Waals surface area contributed by atoms with Gasteiger partial charge < -0.3 is 10.2 Å². The Morgan fingerprint density at radius 3 is 2.71 bits per heavy atom. The summed E-state index contributed by atoms with van der Waals surface area (Å²) in [5.74, 6) is 0.371. The maximum Gasteiger partial charge on any atom is 0.227 e. The summed E-state index contributed by atoms with van der Waals surface area (Å²) in [6.07, 6.45) is 0.946. The molecular weight excluding hydrogens is 260 g/mol. The van der Waals surface area contributed by atoms with Gasteiger partial charge in [-0.15, -0.1) is 0 Å². The van der Waals surface area contributed by atoms with Gasteiger partial charge in [0, 0.05) is 19.6 Å². The Kier molecular flexibility index (Phi) is 3.93. The summed E-state index contributed by atoms with van der Waals surface area (Å²) in [7, 11) is 1.91. The van der Waals surface area contributed by atoms with Crippen LogP contribution in [0.5, 0.6) is 0 Å². The van der Waals surface area contributed by atoms with E-state index < -0.39 is 0 Å². The first-order valence-corrected chi connectivity index (χ1v) is 7.61. The minimum absolute atomic E-state index is 0.121. The van der Waals surface area contributed by atoms with Crippen LogP contribution in [0.2, 0.25) is 0 Å². The summed E-state index contributed by atoms with van der Waals surface area (Å²) in [5.41, 5.74) is 1.18. The van der Waals surface area contributed by atoms with Crippen LogP contribution < -0.4 is 5.32 Å². The highest BCUT2D eigenvalue weighted by atomic mass is 16.2. The summed E-state index contributed by atoms with van der Waals surface area (Å²) in [6, 6.07) is 15.0. The third-order valence-electron chi connectivity index (χ3n) is 4.45. The van der Waals surface area contributed by atoms with Gasteiger partial charge in [0.25, 0.3) is 0 Å². The van der Waals surface area contributed by atoms with Crippen LogP contribution in [0.15, 0.2) is 42.5 Å². The van der Waals surface area contributed by atoms with Crippen molar-refractivity contribution in [3.63, 3.8) is 0 Å². The zero-order valence-corrected chi connectivity index (χ0v) is 12.7. The molecule has 1 aliphatic rings. The summed E-state index contributed by atoms with van der Waals surface area (Å²) >= 11 is 0. The molecule has 1 amide bonds. The van der Waals surface area contributed by atoms with E-state index in [0.29, 0.717) is 6.54 Å². The van der Waals surface area contributed by atoms with Crippen molar-refractivity contribution in [2.75, 3.05) is 13.6 Å². The summed E-state index contributed by atoms with van der Waals surface area (Å²) in [4.78, 5) is 14.4. The first-order chi connectivity index (χ1) is 10.1. The maximum absolute atomic E-state index is 12.5. The van der Waals surface area contributed by atoms with Crippen LogP contribution in [0, 0.1) is 5.92 Å². The van der Waals surface area contributed by atoms with E-state index in [1.165, 1.54) is 16.3 Å². The first-order valence-electron chi connectivity index (χ1n) is 7.61. The van der Waals surface area contributed by atoms with Crippen LogP contribution in [0.4, 0.5) is 0 Å². The molecule has 1 fully saturated rings. The van der Waals surface area contributed by atoms with Crippen LogP contribution in [-0.2, 0) is 11.3 Å². The van der Waals surface area contributed by atoms with E-state index in [4.69, 9.17) is 0 Å². The normalized spacial score (nSPS) is 21.6. The second kappa shape index (κ2) is 5.86. The molecule has 3 heteroatoms. The van der Waals surface area contributed by atoms with E-state index in [0.717, 1.165) is 13.0 Å². The summed E-state index contributed by atoms with van der Waals surface area (Å²) in [6.45, 7) is 3.72. The lowest BCUT2D eigenvalue weighted by Gasteiger charge is -2.23. The number of nitrogens with zero attached hydrogens (tertiary/aromatic N) is 1. The molecule has 0 saturated carbocycles. The highest BCUT2D eigenvalue weighted by Crippen LogP contribution is 2.20. The van der Waals surface area contributed by atoms with Gasteiger partial charge in [-0.25, -0.2) is 0 Å². The van der Waals surface area contributed by atoms with E-state index in [1.807, 2.05) is 24.1 Å². The Bertz CT molecular complexity index is 652. The van der Waals surface area contributed by atoms with Gasteiger partial charge in [0.15, 0.2) is 0 Å². The zero-order valence-electron chi connectivity index (χ0n) is 12.7. The average Bonchev–Trinajstić information content (AvgIpc) is 2.92. The number of carbonyl (C=O) groups excluding carboxylic acids is 1. The average molecular weight is 282 g/mol. The van der Waals surface area contributed by atoms with E-state index in [2.05, 4.69) is 42.6 Å². The molecule has 2 atom stereocenters. The molecule has 0 spiro atoms. The van der Waals surface area contributed by atoms with Crippen molar-refractivity contribution >= 4 is 16.7 Å². The molecule has 1 heterocycles. The fraction of sp³-hybridized carbons (Fsp3) is 0.389. The Morgan fingerprint density at radius 2 is 2.00 bits per heavy atom. The van der Waals surface area contributed by atoms with Gasteiger partial charge in [0.2, 0.25) is 5.91 Å². The Morgan fingerprint density at radius 1 is 1.24 bits per heavy atom. The van der Waals surface area contributed by atoms with Gasteiger partial charge in [0.05, 0.1) is 5.92 Å². The van der Waals surface area contributed by atoms with Gasteiger partial charge in [-0.3, -0.25) is 4.79 Å². The molecule has 3 nitrogen and oxygen atoms in total. The lowest BCUT2D eigenvalue weighted by atomic mass is 10.00. The number of hydrogen-bond donors (Lipinski definition) is 1. The molecule has 1 saturated heterocycles. The van der Waals surface area contributed by atoms with Gasteiger partial charge in [-0.05, 0) is 42.3 Å². The lowest BCUT2D eigenvalue weighted by Crippen LogP contribution is -2.37. The quantitative estimate of drug-likeness (QED) is 0.939. The van der Waals surface area contributed by atoms with Crippen LogP contribution in [0.3, 0.4) is 0 Å². The van der Waals surface area contributed by atoms with E-state index >= 15 is 0 Å². The van der Waals surface area contributed by atoms with E-state index in [-0.39, 0.29) is 17.9 Å². The molecule has 3 rings (SSSR count). The Labute approximate surface area is 125 Å². The van der Waals surface area contributed by atoms with Gasteiger partial charge in [-0.2, -0.15) is 0 Å². The zero-order chi connectivity index (χ0) is 14.8. The van der Waals surface area contributed by atoms with Crippen molar-refractivity contribution in [1.29, 1.82) is 0 Å². The fourth-order valence-electron chi connectivity index (χ4n) is 3.17. The number of nitrogens with one attached hydrogen (secondary N) is 1. The molecule has 2 aromatic rings. The first kappa shape index (κ1) is 14.1. The third kappa shape index (κ3) is 2.93. The van der Waals surface area contributed by atoms with Crippen LogP contribution in [0.1, 0.15) is 18.9 Å². The molecule has 0 bridgehead atoms. The predicted molar refractivity (Wildman–Crippen MR) is 86.0 cm³/mol. The highest BCUT2D eigenvalue weighted by molar-refractivity contribution is 5.83. The minimum atomic E-state index is 0.121. The monoisotopic (exact) mass is 282 g/mol. The van der Waals surface area contributed by atoms with Crippen LogP contribution in [0.25, 0.3) is 10.8 Å². The topological polar surface area (TPSA) is 32.3 Å². The molecule has 0 aromatic heterocycles. The molecule has 110 valence electrons. The lowest BCUT2D eigenvalue weighted by molar-refractivity contribution is -0.134. The number of carbonyl (C=O) groups is 1. The van der Waals surface area contributed by atoms with Crippen molar-refractivity contribution in [3.05, 3.63) is 48.0 Å². The molecule has 21 heavy (non-hydrogen) atoms. The number of hydrogen-bond acceptors (Lipinski definition) is 2. The van der Waals surface area contributed by atoms with Crippen molar-refractivity contribution in [2.24, 2.45) is 5.92 Å². The molecule has 1 aliphatic heterocycles. The van der Waals surface area contributed by atoms with Gasteiger partial charge >= 0.3 is 0 Å². The number of rotatable bonds is 3. The largest absolute Gasteiger partial charge is 0.341 e. The van der Waals surface area contributed by atoms with E-state index in [1.54, 1.807) is 0 Å². The maximum atomic E-state index is 12.5. The van der Waals surface area contributed by atoms with Gasteiger partial charge in [0.1, 0.15) is 0 Å². The molecule has 0 radical (unpaired) electrons. The molecule has 0 aliphatic carbocycles. The fourth-order valence-corrected chi connectivity index (χ4v) is 3.17. The van der Waals surface area contributed by atoms with Crippen LogP contribution >= 0.6 is 0 Å². The van der Waals surface area contributed by atoms with Crippen molar-refractivity contribution in [3.8, 4) is 0 Å². The summed E-state index contributed by atoms with van der Waals surface area (Å²) in [5, 5.41) is 5.81. The predicted octanol–water partition coefficient (Wildman–Crippen LogP) is 2.80. The van der Waals surface area contributed by atoms with E-state index in [9.17, 15) is 4.79 Å². The smallest absolute Gasteiger partial charge is 0.227 e.